The Morgan fingerprint density at radius 1 is 1.44 bits per heavy atom. The Morgan fingerprint density at radius 3 is 2.50 bits per heavy atom. The van der Waals surface area contributed by atoms with Crippen LogP contribution in [0.4, 0.5) is 0 Å². The van der Waals surface area contributed by atoms with Crippen LogP contribution >= 0.6 is 0 Å². The molecular formula is C11H19NO4. The van der Waals surface area contributed by atoms with Gasteiger partial charge >= 0.3 is 5.97 Å². The quantitative estimate of drug-likeness (QED) is 0.650. The van der Waals surface area contributed by atoms with Gasteiger partial charge in [0.15, 0.2) is 5.60 Å². The highest BCUT2D eigenvalue weighted by Crippen LogP contribution is 2.31. The van der Waals surface area contributed by atoms with Gasteiger partial charge in [-0.05, 0) is 25.7 Å². The van der Waals surface area contributed by atoms with Crippen LogP contribution in [0.5, 0.6) is 0 Å². The van der Waals surface area contributed by atoms with E-state index in [2.05, 4.69) is 5.32 Å². The molecule has 0 spiro atoms. The average Bonchev–Trinajstić information content (AvgIpc) is 2.61. The van der Waals surface area contributed by atoms with Crippen LogP contribution in [0.25, 0.3) is 0 Å². The largest absolute Gasteiger partial charge is 0.479 e. The number of nitrogens with one attached hydrogen (secondary N) is 1. The summed E-state index contributed by atoms with van der Waals surface area (Å²) >= 11 is 0. The van der Waals surface area contributed by atoms with Crippen molar-refractivity contribution >= 4 is 11.9 Å². The molecule has 0 bridgehead atoms. The van der Waals surface area contributed by atoms with Crippen molar-refractivity contribution in [3.8, 4) is 0 Å². The average molecular weight is 229 g/mol. The lowest BCUT2D eigenvalue weighted by molar-refractivity contribution is -0.156. The lowest BCUT2D eigenvalue weighted by atomic mass is 9.97. The van der Waals surface area contributed by atoms with Crippen LogP contribution in [0.15, 0.2) is 0 Å². The molecule has 0 aromatic carbocycles. The molecule has 3 atom stereocenters. The third-order valence-electron chi connectivity index (χ3n) is 3.27. The Bertz CT molecular complexity index is 288. The van der Waals surface area contributed by atoms with Crippen LogP contribution in [-0.4, -0.2) is 34.2 Å². The Kier molecular flexibility index (Phi) is 3.91. The number of carboxylic acids is 1. The SMILES string of the molecule is CC1CCCC1C(=O)NCC(C)(O)C(=O)O. The van der Waals surface area contributed by atoms with Crippen molar-refractivity contribution in [1.82, 2.24) is 5.32 Å². The zero-order valence-electron chi connectivity index (χ0n) is 9.69. The lowest BCUT2D eigenvalue weighted by Crippen LogP contribution is -2.48. The van der Waals surface area contributed by atoms with Gasteiger partial charge in [0, 0.05) is 5.92 Å². The van der Waals surface area contributed by atoms with Gasteiger partial charge in [0.25, 0.3) is 0 Å². The van der Waals surface area contributed by atoms with Crippen LogP contribution in [0.1, 0.15) is 33.1 Å². The van der Waals surface area contributed by atoms with E-state index >= 15 is 0 Å². The highest BCUT2D eigenvalue weighted by Gasteiger charge is 2.34. The molecule has 0 saturated heterocycles. The fourth-order valence-corrected chi connectivity index (χ4v) is 2.00. The molecule has 0 heterocycles. The van der Waals surface area contributed by atoms with Crippen LogP contribution in [0.2, 0.25) is 0 Å². The molecule has 1 fully saturated rings. The molecule has 1 aliphatic rings. The van der Waals surface area contributed by atoms with Crippen molar-refractivity contribution in [3.63, 3.8) is 0 Å². The molecule has 5 nitrogen and oxygen atoms in total. The fraction of sp³-hybridized carbons (Fsp3) is 0.818. The number of hydrogen-bond acceptors (Lipinski definition) is 3. The van der Waals surface area contributed by atoms with Gasteiger partial charge in [-0.15, -0.1) is 0 Å². The second-order valence-corrected chi connectivity index (χ2v) is 4.81. The van der Waals surface area contributed by atoms with E-state index in [0.29, 0.717) is 5.92 Å². The number of aliphatic carboxylic acids is 1. The van der Waals surface area contributed by atoms with E-state index in [1.165, 1.54) is 6.92 Å². The van der Waals surface area contributed by atoms with E-state index in [9.17, 15) is 14.7 Å². The summed E-state index contributed by atoms with van der Waals surface area (Å²) in [5, 5.41) is 20.6. The summed E-state index contributed by atoms with van der Waals surface area (Å²) in [5.74, 6) is -1.17. The lowest BCUT2D eigenvalue weighted by Gasteiger charge is -2.21. The minimum atomic E-state index is -1.89. The van der Waals surface area contributed by atoms with Crippen LogP contribution < -0.4 is 5.32 Å². The maximum Gasteiger partial charge on any atom is 0.337 e. The Hall–Kier alpha value is -1.10. The third-order valence-corrected chi connectivity index (χ3v) is 3.27. The Balaban J connectivity index is 2.44. The summed E-state index contributed by atoms with van der Waals surface area (Å²) in [5.41, 5.74) is -1.89. The van der Waals surface area contributed by atoms with Crippen molar-refractivity contribution in [2.45, 2.75) is 38.7 Å². The molecule has 1 rings (SSSR count). The maximum absolute atomic E-state index is 11.7. The van der Waals surface area contributed by atoms with Gasteiger partial charge in [0.05, 0.1) is 6.54 Å². The molecule has 3 N–H and O–H groups in total. The second-order valence-electron chi connectivity index (χ2n) is 4.81. The van der Waals surface area contributed by atoms with E-state index in [4.69, 9.17) is 5.11 Å². The number of hydrogen-bond donors (Lipinski definition) is 3. The number of amides is 1. The molecule has 3 unspecified atom stereocenters. The van der Waals surface area contributed by atoms with Crippen LogP contribution in [0.3, 0.4) is 0 Å². The van der Waals surface area contributed by atoms with Gasteiger partial charge < -0.3 is 15.5 Å². The summed E-state index contributed by atoms with van der Waals surface area (Å²) in [4.78, 5) is 22.3. The van der Waals surface area contributed by atoms with Crippen molar-refractivity contribution in [2.24, 2.45) is 11.8 Å². The zero-order valence-corrected chi connectivity index (χ0v) is 9.69. The van der Waals surface area contributed by atoms with Gasteiger partial charge in [-0.3, -0.25) is 4.79 Å². The van der Waals surface area contributed by atoms with Crippen LogP contribution in [-0.2, 0) is 9.59 Å². The first-order valence-corrected chi connectivity index (χ1v) is 5.58. The number of carbonyl (C=O) groups excluding carboxylic acids is 1. The standard InChI is InChI=1S/C11H19NO4/c1-7-4-3-5-8(7)9(13)12-6-11(2,16)10(14)15/h7-8,16H,3-6H2,1-2H3,(H,12,13)(H,14,15). The van der Waals surface area contributed by atoms with Crippen molar-refractivity contribution < 1.29 is 19.8 Å². The van der Waals surface area contributed by atoms with E-state index in [1.807, 2.05) is 6.92 Å². The first kappa shape index (κ1) is 13.0. The molecule has 1 saturated carbocycles. The molecule has 0 aliphatic heterocycles. The number of carbonyl (C=O) groups is 2. The molecule has 0 aromatic heterocycles. The number of aliphatic hydroxyl groups is 1. The molecule has 0 radical (unpaired) electrons. The van der Waals surface area contributed by atoms with Crippen molar-refractivity contribution in [1.29, 1.82) is 0 Å². The minimum Gasteiger partial charge on any atom is -0.479 e. The number of carboxylic acid groups (broad SMARTS) is 1. The van der Waals surface area contributed by atoms with Gasteiger partial charge in [0.1, 0.15) is 0 Å². The molecule has 16 heavy (non-hydrogen) atoms. The predicted octanol–water partition coefficient (Wildman–Crippen LogP) is 0.374. The first-order valence-electron chi connectivity index (χ1n) is 5.58. The maximum atomic E-state index is 11.7. The van der Waals surface area contributed by atoms with Crippen molar-refractivity contribution in [2.75, 3.05) is 6.54 Å². The molecule has 1 aliphatic carbocycles. The van der Waals surface area contributed by atoms with Crippen LogP contribution in [0, 0.1) is 11.8 Å². The monoisotopic (exact) mass is 229 g/mol. The van der Waals surface area contributed by atoms with E-state index in [1.54, 1.807) is 0 Å². The molecule has 5 heteroatoms. The fourth-order valence-electron chi connectivity index (χ4n) is 2.00. The topological polar surface area (TPSA) is 86.6 Å². The normalized spacial score (nSPS) is 28.4. The Labute approximate surface area is 94.8 Å². The highest BCUT2D eigenvalue weighted by atomic mass is 16.4. The van der Waals surface area contributed by atoms with Gasteiger partial charge in [-0.2, -0.15) is 0 Å². The number of rotatable bonds is 4. The molecular weight excluding hydrogens is 210 g/mol. The van der Waals surface area contributed by atoms with Gasteiger partial charge in [0.2, 0.25) is 5.91 Å². The summed E-state index contributed by atoms with van der Waals surface area (Å²) in [6, 6.07) is 0. The second kappa shape index (κ2) is 4.82. The van der Waals surface area contributed by atoms with Crippen molar-refractivity contribution in [3.05, 3.63) is 0 Å². The van der Waals surface area contributed by atoms with E-state index in [0.717, 1.165) is 19.3 Å². The summed E-state index contributed by atoms with van der Waals surface area (Å²) in [7, 11) is 0. The summed E-state index contributed by atoms with van der Waals surface area (Å²) < 4.78 is 0. The van der Waals surface area contributed by atoms with E-state index < -0.39 is 11.6 Å². The molecule has 1 amide bonds. The minimum absolute atomic E-state index is 0.0374. The Morgan fingerprint density at radius 2 is 2.06 bits per heavy atom. The zero-order chi connectivity index (χ0) is 12.3. The third kappa shape index (κ3) is 2.95. The smallest absolute Gasteiger partial charge is 0.337 e. The highest BCUT2D eigenvalue weighted by molar-refractivity contribution is 5.81. The van der Waals surface area contributed by atoms with Gasteiger partial charge in [-0.25, -0.2) is 4.79 Å². The first-order chi connectivity index (χ1) is 7.34. The van der Waals surface area contributed by atoms with Gasteiger partial charge in [-0.1, -0.05) is 13.3 Å². The predicted molar refractivity (Wildman–Crippen MR) is 57.8 cm³/mol. The van der Waals surface area contributed by atoms with E-state index in [-0.39, 0.29) is 18.4 Å². The molecule has 92 valence electrons. The molecule has 0 aromatic rings. The summed E-state index contributed by atoms with van der Waals surface area (Å²) in [6.45, 7) is 2.95. The summed E-state index contributed by atoms with van der Waals surface area (Å²) in [6.07, 6.45) is 2.92.